The molecule has 27 heavy (non-hydrogen) atoms. The summed E-state index contributed by atoms with van der Waals surface area (Å²) in [5.74, 6) is 2.05. The van der Waals surface area contributed by atoms with E-state index in [1.165, 1.54) is 80.4 Å². The number of aromatic nitrogens is 2. The molecule has 1 aromatic carbocycles. The molecule has 0 aliphatic rings. The monoisotopic (exact) mass is 384 g/mol. The number of hydrogen-bond donors (Lipinski definition) is 0. The Hall–Kier alpha value is -1.35. The number of benzene rings is 1. The van der Waals surface area contributed by atoms with E-state index >= 15 is 0 Å². The van der Waals surface area contributed by atoms with Crippen LogP contribution in [0.5, 0.6) is 0 Å². The molecule has 0 atom stereocenters. The topological polar surface area (TPSA) is 25.8 Å². The average Bonchev–Trinajstić information content (AvgIpc) is 2.71. The van der Waals surface area contributed by atoms with Gasteiger partial charge in [0.2, 0.25) is 0 Å². The minimum Gasteiger partial charge on any atom is -0.236 e. The third-order valence-corrected chi connectivity index (χ3v) is 6.00. The summed E-state index contributed by atoms with van der Waals surface area (Å²) in [7, 11) is 0. The molecule has 0 radical (unpaired) electrons. The van der Waals surface area contributed by atoms with Crippen LogP contribution in [0.2, 0.25) is 0 Å². The Bertz CT molecular complexity index is 607. The van der Waals surface area contributed by atoms with E-state index in [0.717, 1.165) is 17.8 Å². The van der Waals surface area contributed by atoms with Crippen molar-refractivity contribution >= 4 is 11.8 Å². The van der Waals surface area contributed by atoms with Crippen molar-refractivity contribution < 1.29 is 0 Å². The van der Waals surface area contributed by atoms with Crippen LogP contribution in [0.4, 0.5) is 0 Å². The highest BCUT2D eigenvalue weighted by Gasteiger charge is 2.03. The molecular formula is C24H36N2S. The molecule has 0 amide bonds. The van der Waals surface area contributed by atoms with E-state index < -0.39 is 0 Å². The van der Waals surface area contributed by atoms with Crippen LogP contribution in [0.25, 0.3) is 11.4 Å². The molecule has 0 spiro atoms. The Morgan fingerprint density at radius 2 is 1.30 bits per heavy atom. The van der Waals surface area contributed by atoms with Gasteiger partial charge in [0.1, 0.15) is 0 Å². The van der Waals surface area contributed by atoms with Gasteiger partial charge in [-0.15, -0.1) is 11.8 Å². The summed E-state index contributed by atoms with van der Waals surface area (Å²) in [5, 5.41) is 0. The van der Waals surface area contributed by atoms with Gasteiger partial charge in [-0.25, -0.2) is 9.97 Å². The molecule has 3 heteroatoms. The summed E-state index contributed by atoms with van der Waals surface area (Å²) in [6, 6.07) is 8.70. The van der Waals surface area contributed by atoms with Gasteiger partial charge in [-0.2, -0.15) is 0 Å². The molecule has 0 saturated heterocycles. The van der Waals surface area contributed by atoms with E-state index in [1.54, 1.807) is 0 Å². The second-order valence-electron chi connectivity index (χ2n) is 7.37. The molecule has 0 aliphatic heterocycles. The molecule has 1 heterocycles. The lowest BCUT2D eigenvalue weighted by Crippen LogP contribution is -1.93. The standard InChI is InChI=1S/C24H36N2S/c1-3-5-7-9-10-11-13-21-19-25-24(26-20-21)22-14-16-23(17-15-22)27-18-12-8-6-4-2/h14-17,19-20H,3-13,18H2,1-2H3. The van der Waals surface area contributed by atoms with E-state index in [4.69, 9.17) is 0 Å². The van der Waals surface area contributed by atoms with Crippen LogP contribution in [0.3, 0.4) is 0 Å². The second kappa shape index (κ2) is 13.8. The molecule has 2 nitrogen and oxygen atoms in total. The lowest BCUT2D eigenvalue weighted by molar-refractivity contribution is 0.607. The molecule has 148 valence electrons. The minimum atomic E-state index is 0.834. The maximum atomic E-state index is 4.58. The van der Waals surface area contributed by atoms with Gasteiger partial charge in [-0.3, -0.25) is 0 Å². The first-order valence-electron chi connectivity index (χ1n) is 10.9. The van der Waals surface area contributed by atoms with Crippen molar-refractivity contribution in [3.05, 3.63) is 42.2 Å². The Labute approximate surface area is 170 Å². The highest BCUT2D eigenvalue weighted by molar-refractivity contribution is 7.99. The zero-order valence-electron chi connectivity index (χ0n) is 17.3. The number of nitrogens with zero attached hydrogens (tertiary/aromatic N) is 2. The summed E-state index contributed by atoms with van der Waals surface area (Å²) in [6.45, 7) is 4.52. The Morgan fingerprint density at radius 3 is 1.96 bits per heavy atom. The number of thioether (sulfide) groups is 1. The smallest absolute Gasteiger partial charge is 0.159 e. The van der Waals surface area contributed by atoms with Crippen molar-refractivity contribution in [1.29, 1.82) is 0 Å². The van der Waals surface area contributed by atoms with Gasteiger partial charge in [0.05, 0.1) is 0 Å². The number of unbranched alkanes of at least 4 members (excludes halogenated alkanes) is 8. The predicted octanol–water partition coefficient (Wildman–Crippen LogP) is 7.72. The van der Waals surface area contributed by atoms with E-state index in [-0.39, 0.29) is 0 Å². The van der Waals surface area contributed by atoms with Crippen molar-refractivity contribution in [2.45, 2.75) is 89.4 Å². The number of aryl methyl sites for hydroxylation is 1. The van der Waals surface area contributed by atoms with Crippen LogP contribution < -0.4 is 0 Å². The fourth-order valence-corrected chi connectivity index (χ4v) is 4.07. The van der Waals surface area contributed by atoms with Crippen LogP contribution >= 0.6 is 11.8 Å². The van der Waals surface area contributed by atoms with Gasteiger partial charge in [0.25, 0.3) is 0 Å². The number of rotatable bonds is 14. The maximum absolute atomic E-state index is 4.58. The van der Waals surface area contributed by atoms with Crippen LogP contribution in [0.1, 0.15) is 83.6 Å². The van der Waals surface area contributed by atoms with Crippen LogP contribution in [0, 0.1) is 0 Å². The largest absolute Gasteiger partial charge is 0.236 e. The quantitative estimate of drug-likeness (QED) is 0.246. The Kier molecular flexibility index (Phi) is 11.2. The fourth-order valence-electron chi connectivity index (χ4n) is 3.16. The highest BCUT2D eigenvalue weighted by Crippen LogP contribution is 2.23. The number of hydrogen-bond acceptors (Lipinski definition) is 3. The van der Waals surface area contributed by atoms with Crippen molar-refractivity contribution in [3.63, 3.8) is 0 Å². The molecule has 0 unspecified atom stereocenters. The van der Waals surface area contributed by atoms with E-state index in [0.29, 0.717) is 0 Å². The molecule has 1 aromatic heterocycles. The molecule has 0 saturated carbocycles. The highest BCUT2D eigenvalue weighted by atomic mass is 32.2. The van der Waals surface area contributed by atoms with Crippen molar-refractivity contribution in [2.24, 2.45) is 0 Å². The molecule has 0 aliphatic carbocycles. The Balaban J connectivity index is 1.74. The first-order chi connectivity index (χ1) is 13.3. The van der Waals surface area contributed by atoms with Crippen molar-refractivity contribution in [3.8, 4) is 11.4 Å². The normalized spacial score (nSPS) is 11.0. The summed E-state index contributed by atoms with van der Waals surface area (Å²) in [6.07, 6.45) is 18.4. The van der Waals surface area contributed by atoms with Crippen molar-refractivity contribution in [1.82, 2.24) is 9.97 Å². The molecule has 2 aromatic rings. The predicted molar refractivity (Wildman–Crippen MR) is 119 cm³/mol. The zero-order valence-corrected chi connectivity index (χ0v) is 18.1. The van der Waals surface area contributed by atoms with Crippen LogP contribution in [-0.2, 0) is 6.42 Å². The van der Waals surface area contributed by atoms with Gasteiger partial charge in [-0.05, 0) is 42.7 Å². The van der Waals surface area contributed by atoms with E-state index in [9.17, 15) is 0 Å². The SMILES string of the molecule is CCCCCCCCc1cnc(-c2ccc(SCCCCCC)cc2)nc1. The van der Waals surface area contributed by atoms with Gasteiger partial charge in [0.15, 0.2) is 5.82 Å². The molecular weight excluding hydrogens is 348 g/mol. The first kappa shape index (κ1) is 21.9. The third kappa shape index (κ3) is 8.92. The Morgan fingerprint density at radius 1 is 0.704 bits per heavy atom. The minimum absolute atomic E-state index is 0.834. The van der Waals surface area contributed by atoms with E-state index in [2.05, 4.69) is 48.1 Å². The maximum Gasteiger partial charge on any atom is 0.159 e. The lowest BCUT2D eigenvalue weighted by atomic mass is 10.1. The van der Waals surface area contributed by atoms with Crippen molar-refractivity contribution in [2.75, 3.05) is 5.75 Å². The lowest BCUT2D eigenvalue weighted by Gasteiger charge is -2.05. The van der Waals surface area contributed by atoms with Gasteiger partial charge < -0.3 is 0 Å². The zero-order chi connectivity index (χ0) is 19.2. The summed E-state index contributed by atoms with van der Waals surface area (Å²) < 4.78 is 0. The summed E-state index contributed by atoms with van der Waals surface area (Å²) in [5.41, 5.74) is 2.37. The molecule has 0 fully saturated rings. The molecule has 2 rings (SSSR count). The van der Waals surface area contributed by atoms with Gasteiger partial charge >= 0.3 is 0 Å². The van der Waals surface area contributed by atoms with Gasteiger partial charge in [0, 0.05) is 22.9 Å². The fraction of sp³-hybridized carbons (Fsp3) is 0.583. The van der Waals surface area contributed by atoms with E-state index in [1.807, 2.05) is 24.2 Å². The van der Waals surface area contributed by atoms with Crippen LogP contribution in [0.15, 0.2) is 41.6 Å². The average molecular weight is 385 g/mol. The molecule has 0 bridgehead atoms. The summed E-state index contributed by atoms with van der Waals surface area (Å²) in [4.78, 5) is 10.5. The third-order valence-electron chi connectivity index (χ3n) is 4.90. The first-order valence-corrected chi connectivity index (χ1v) is 11.9. The van der Waals surface area contributed by atoms with Crippen LogP contribution in [-0.4, -0.2) is 15.7 Å². The summed E-state index contributed by atoms with van der Waals surface area (Å²) >= 11 is 1.95. The second-order valence-corrected chi connectivity index (χ2v) is 8.53. The van der Waals surface area contributed by atoms with Gasteiger partial charge in [-0.1, -0.05) is 77.3 Å². The molecule has 0 N–H and O–H groups in total.